The molecule has 0 aliphatic carbocycles. The van der Waals surface area contributed by atoms with E-state index in [1.807, 2.05) is 6.92 Å². The SMILES string of the molecule is CCCn1ncc(Br)c1C(N)C(C)S(C)(=O)=O. The maximum atomic E-state index is 11.5. The predicted molar refractivity (Wildman–Crippen MR) is 71.5 cm³/mol. The number of aryl methyl sites for hydroxylation is 1. The van der Waals surface area contributed by atoms with Gasteiger partial charge in [0, 0.05) is 12.8 Å². The second-order valence-electron chi connectivity index (χ2n) is 4.16. The minimum Gasteiger partial charge on any atom is -0.322 e. The third-order valence-corrected chi connectivity index (χ3v) is 5.02. The zero-order valence-electron chi connectivity index (χ0n) is 10.2. The summed E-state index contributed by atoms with van der Waals surface area (Å²) in [5.41, 5.74) is 6.77. The van der Waals surface area contributed by atoms with Gasteiger partial charge in [0.05, 0.1) is 27.7 Å². The Morgan fingerprint density at radius 3 is 2.65 bits per heavy atom. The number of aromatic nitrogens is 2. The van der Waals surface area contributed by atoms with E-state index < -0.39 is 21.1 Å². The Kier molecular flexibility index (Phi) is 4.74. The molecule has 1 aromatic rings. The van der Waals surface area contributed by atoms with E-state index in [1.165, 1.54) is 6.26 Å². The van der Waals surface area contributed by atoms with Crippen molar-refractivity contribution in [3.63, 3.8) is 0 Å². The van der Waals surface area contributed by atoms with Gasteiger partial charge < -0.3 is 5.73 Å². The minimum atomic E-state index is -3.16. The van der Waals surface area contributed by atoms with Crippen molar-refractivity contribution in [3.05, 3.63) is 16.4 Å². The topological polar surface area (TPSA) is 78.0 Å². The van der Waals surface area contributed by atoms with Crippen LogP contribution in [0.15, 0.2) is 10.7 Å². The lowest BCUT2D eigenvalue weighted by Crippen LogP contribution is -2.32. The van der Waals surface area contributed by atoms with E-state index in [1.54, 1.807) is 17.8 Å². The molecule has 1 rings (SSSR count). The summed E-state index contributed by atoms with van der Waals surface area (Å²) < 4.78 is 25.6. The summed E-state index contributed by atoms with van der Waals surface area (Å²) in [6.45, 7) is 4.38. The maximum absolute atomic E-state index is 11.5. The Morgan fingerprint density at radius 2 is 2.18 bits per heavy atom. The van der Waals surface area contributed by atoms with Crippen molar-refractivity contribution in [3.8, 4) is 0 Å². The van der Waals surface area contributed by atoms with Crippen molar-refractivity contribution in [2.45, 2.75) is 38.1 Å². The smallest absolute Gasteiger partial charge is 0.151 e. The monoisotopic (exact) mass is 323 g/mol. The Hall–Kier alpha value is -0.400. The van der Waals surface area contributed by atoms with Gasteiger partial charge >= 0.3 is 0 Å². The summed E-state index contributed by atoms with van der Waals surface area (Å²) in [5, 5.41) is 3.55. The number of nitrogens with two attached hydrogens (primary N) is 1. The van der Waals surface area contributed by atoms with Gasteiger partial charge in [-0.1, -0.05) is 6.92 Å². The van der Waals surface area contributed by atoms with E-state index in [-0.39, 0.29) is 0 Å². The Labute approximate surface area is 110 Å². The van der Waals surface area contributed by atoms with E-state index >= 15 is 0 Å². The fraction of sp³-hybridized carbons (Fsp3) is 0.700. The van der Waals surface area contributed by atoms with Crippen LogP contribution in [0.25, 0.3) is 0 Å². The van der Waals surface area contributed by atoms with Gasteiger partial charge in [0.2, 0.25) is 0 Å². The first-order chi connectivity index (χ1) is 7.79. The van der Waals surface area contributed by atoms with Gasteiger partial charge in [-0.15, -0.1) is 0 Å². The van der Waals surface area contributed by atoms with Gasteiger partial charge in [-0.3, -0.25) is 4.68 Å². The number of halogens is 1. The predicted octanol–water partition coefficient (Wildman–Crippen LogP) is 1.49. The largest absolute Gasteiger partial charge is 0.322 e. The van der Waals surface area contributed by atoms with E-state index in [2.05, 4.69) is 21.0 Å². The molecule has 0 fully saturated rings. The first-order valence-corrected chi connectivity index (χ1v) is 8.19. The van der Waals surface area contributed by atoms with Crippen molar-refractivity contribution >= 4 is 25.8 Å². The summed E-state index contributed by atoms with van der Waals surface area (Å²) >= 11 is 3.36. The Bertz CT molecular complexity index is 484. The van der Waals surface area contributed by atoms with Gasteiger partial charge in [0.15, 0.2) is 9.84 Å². The molecular formula is C10H18BrN3O2S. The molecule has 0 bridgehead atoms. The van der Waals surface area contributed by atoms with Crippen LogP contribution in [0.5, 0.6) is 0 Å². The average Bonchev–Trinajstić information content (AvgIpc) is 2.57. The second-order valence-corrected chi connectivity index (χ2v) is 7.42. The van der Waals surface area contributed by atoms with Crippen LogP contribution < -0.4 is 5.73 Å². The molecule has 0 spiro atoms. The average molecular weight is 324 g/mol. The molecule has 0 saturated carbocycles. The molecule has 0 aliphatic heterocycles. The van der Waals surface area contributed by atoms with Crippen LogP contribution in [0, 0.1) is 0 Å². The third-order valence-electron chi connectivity index (χ3n) is 2.77. The highest BCUT2D eigenvalue weighted by Crippen LogP contribution is 2.26. The van der Waals surface area contributed by atoms with Crippen LogP contribution in [0.2, 0.25) is 0 Å². The lowest BCUT2D eigenvalue weighted by Gasteiger charge is -2.20. The van der Waals surface area contributed by atoms with Crippen LogP contribution in [0.3, 0.4) is 0 Å². The van der Waals surface area contributed by atoms with Gasteiger partial charge in [0.25, 0.3) is 0 Å². The number of hydrogen-bond acceptors (Lipinski definition) is 4. The molecule has 5 nitrogen and oxygen atoms in total. The normalized spacial score (nSPS) is 15.8. The molecule has 2 unspecified atom stereocenters. The van der Waals surface area contributed by atoms with E-state index in [0.29, 0.717) is 0 Å². The highest BCUT2D eigenvalue weighted by atomic mass is 79.9. The van der Waals surface area contributed by atoms with Crippen molar-refractivity contribution in [1.29, 1.82) is 0 Å². The highest BCUT2D eigenvalue weighted by molar-refractivity contribution is 9.10. The maximum Gasteiger partial charge on any atom is 0.151 e. The minimum absolute atomic E-state index is 0.576. The molecule has 98 valence electrons. The summed E-state index contributed by atoms with van der Waals surface area (Å²) in [6.07, 6.45) is 3.77. The van der Waals surface area contributed by atoms with Gasteiger partial charge in [-0.2, -0.15) is 5.10 Å². The zero-order chi connectivity index (χ0) is 13.2. The molecule has 2 N–H and O–H groups in total. The Balaban J connectivity index is 3.11. The molecule has 7 heteroatoms. The van der Waals surface area contributed by atoms with Crippen LogP contribution in [0.1, 0.15) is 32.0 Å². The molecule has 0 radical (unpaired) electrons. The Morgan fingerprint density at radius 1 is 1.59 bits per heavy atom. The quantitative estimate of drug-likeness (QED) is 0.890. The summed E-state index contributed by atoms with van der Waals surface area (Å²) in [5.74, 6) is 0. The van der Waals surface area contributed by atoms with E-state index in [9.17, 15) is 8.42 Å². The standard InChI is InChI=1S/C10H18BrN3O2S/c1-4-5-14-10(8(11)6-13-14)9(12)7(2)17(3,15)16/h6-7,9H,4-5,12H2,1-3H3. The first kappa shape index (κ1) is 14.7. The molecule has 0 aromatic carbocycles. The third kappa shape index (κ3) is 3.29. The fourth-order valence-corrected chi connectivity index (χ4v) is 2.80. The second kappa shape index (κ2) is 5.49. The van der Waals surface area contributed by atoms with Gasteiger partial charge in [0.1, 0.15) is 0 Å². The van der Waals surface area contributed by atoms with E-state index in [0.717, 1.165) is 23.1 Å². The van der Waals surface area contributed by atoms with Crippen molar-refractivity contribution < 1.29 is 8.42 Å². The fourth-order valence-electron chi connectivity index (χ4n) is 1.58. The molecule has 2 atom stereocenters. The van der Waals surface area contributed by atoms with Gasteiger partial charge in [-0.25, -0.2) is 8.42 Å². The summed E-state index contributed by atoms with van der Waals surface area (Å²) in [6, 6.07) is -0.576. The molecular weight excluding hydrogens is 306 g/mol. The number of hydrogen-bond donors (Lipinski definition) is 1. The highest BCUT2D eigenvalue weighted by Gasteiger charge is 2.28. The molecule has 0 aliphatic rings. The van der Waals surface area contributed by atoms with Crippen LogP contribution in [0.4, 0.5) is 0 Å². The number of rotatable bonds is 5. The molecule has 0 amide bonds. The molecule has 0 saturated heterocycles. The van der Waals surface area contributed by atoms with Crippen molar-refractivity contribution in [1.82, 2.24) is 9.78 Å². The lowest BCUT2D eigenvalue weighted by molar-refractivity contribution is 0.519. The number of sulfone groups is 1. The van der Waals surface area contributed by atoms with E-state index in [4.69, 9.17) is 5.73 Å². The molecule has 17 heavy (non-hydrogen) atoms. The molecule has 1 heterocycles. The summed E-state index contributed by atoms with van der Waals surface area (Å²) in [4.78, 5) is 0. The van der Waals surface area contributed by atoms with Crippen molar-refractivity contribution in [2.75, 3.05) is 6.26 Å². The summed E-state index contributed by atoms with van der Waals surface area (Å²) in [7, 11) is -3.16. The first-order valence-electron chi connectivity index (χ1n) is 5.44. The number of nitrogens with zero attached hydrogens (tertiary/aromatic N) is 2. The van der Waals surface area contributed by atoms with Crippen LogP contribution in [-0.4, -0.2) is 29.7 Å². The molecule has 1 aromatic heterocycles. The van der Waals surface area contributed by atoms with Crippen LogP contribution >= 0.6 is 15.9 Å². The van der Waals surface area contributed by atoms with Crippen LogP contribution in [-0.2, 0) is 16.4 Å². The van der Waals surface area contributed by atoms with Crippen molar-refractivity contribution in [2.24, 2.45) is 5.73 Å². The van der Waals surface area contributed by atoms with Gasteiger partial charge in [-0.05, 0) is 29.3 Å². The zero-order valence-corrected chi connectivity index (χ0v) is 12.6. The lowest BCUT2D eigenvalue weighted by atomic mass is 10.1.